The quantitative estimate of drug-likeness (QED) is 0.852. The molecule has 6 nitrogen and oxygen atoms in total. The van der Waals surface area contributed by atoms with Gasteiger partial charge < -0.3 is 10.4 Å². The topological polar surface area (TPSA) is 80.0 Å². The van der Waals surface area contributed by atoms with Crippen LogP contribution in [0.5, 0.6) is 0 Å². The molecule has 0 saturated carbocycles. The molecular formula is C18H28N4O2. The van der Waals surface area contributed by atoms with E-state index in [-0.39, 0.29) is 24.0 Å². The van der Waals surface area contributed by atoms with Crippen LogP contribution in [0.1, 0.15) is 56.6 Å². The lowest BCUT2D eigenvalue weighted by molar-refractivity contribution is 0.0906. The van der Waals surface area contributed by atoms with Crippen LogP contribution >= 0.6 is 0 Å². The van der Waals surface area contributed by atoms with Crippen LogP contribution in [0.2, 0.25) is 0 Å². The molecule has 1 amide bonds. The van der Waals surface area contributed by atoms with Crippen molar-refractivity contribution < 1.29 is 9.90 Å². The normalized spacial score (nSPS) is 13.2. The Morgan fingerprint density at radius 1 is 1.42 bits per heavy atom. The van der Waals surface area contributed by atoms with Crippen molar-refractivity contribution in [1.82, 2.24) is 20.1 Å². The number of hydrogen-bond acceptors (Lipinski definition) is 4. The van der Waals surface area contributed by atoms with Crippen molar-refractivity contribution in [1.29, 1.82) is 0 Å². The van der Waals surface area contributed by atoms with Crippen molar-refractivity contribution >= 4 is 16.9 Å². The minimum atomic E-state index is -0.245. The number of aliphatic hydroxyl groups excluding tert-OH is 1. The average Bonchev–Trinajstić information content (AvgIpc) is 2.91. The Morgan fingerprint density at radius 2 is 2.12 bits per heavy atom. The van der Waals surface area contributed by atoms with E-state index in [2.05, 4.69) is 36.2 Å². The molecule has 0 aliphatic heterocycles. The third-order valence-electron chi connectivity index (χ3n) is 4.14. The maximum Gasteiger partial charge on any atom is 0.253 e. The molecule has 2 N–H and O–H groups in total. The van der Waals surface area contributed by atoms with Crippen LogP contribution in [0.15, 0.2) is 12.3 Å². The first-order valence-electron chi connectivity index (χ1n) is 8.50. The van der Waals surface area contributed by atoms with Crippen molar-refractivity contribution in [3.05, 3.63) is 23.5 Å². The number of rotatable bonds is 6. The number of amides is 1. The minimum absolute atomic E-state index is 0.0652. The van der Waals surface area contributed by atoms with Gasteiger partial charge in [-0.05, 0) is 38.2 Å². The summed E-state index contributed by atoms with van der Waals surface area (Å²) in [6.45, 7) is 10.9. The van der Waals surface area contributed by atoms with Crippen LogP contribution in [0, 0.1) is 12.3 Å². The zero-order valence-electron chi connectivity index (χ0n) is 15.3. The van der Waals surface area contributed by atoms with Crippen molar-refractivity contribution in [2.45, 2.75) is 60.0 Å². The van der Waals surface area contributed by atoms with Crippen molar-refractivity contribution in [3.63, 3.8) is 0 Å². The summed E-state index contributed by atoms with van der Waals surface area (Å²) in [6.07, 6.45) is 3.40. The van der Waals surface area contributed by atoms with Crippen molar-refractivity contribution in [2.24, 2.45) is 5.41 Å². The van der Waals surface area contributed by atoms with Crippen LogP contribution in [0.25, 0.3) is 11.0 Å². The predicted molar refractivity (Wildman–Crippen MR) is 95.0 cm³/mol. The van der Waals surface area contributed by atoms with E-state index in [1.807, 2.05) is 24.6 Å². The molecule has 0 radical (unpaired) electrons. The largest absolute Gasteiger partial charge is 0.394 e. The molecule has 0 aliphatic rings. The highest BCUT2D eigenvalue weighted by atomic mass is 16.3. The van der Waals surface area contributed by atoms with E-state index in [1.165, 1.54) is 0 Å². The zero-order chi connectivity index (χ0) is 17.9. The molecule has 132 valence electrons. The van der Waals surface area contributed by atoms with E-state index in [0.29, 0.717) is 11.3 Å². The van der Waals surface area contributed by atoms with Crippen LogP contribution in [0.4, 0.5) is 0 Å². The van der Waals surface area contributed by atoms with Crippen LogP contribution in [0.3, 0.4) is 0 Å². The summed E-state index contributed by atoms with van der Waals surface area (Å²) in [6, 6.07) is 1.58. The molecule has 0 spiro atoms. The summed E-state index contributed by atoms with van der Waals surface area (Å²) < 4.78 is 1.81. The molecule has 0 bridgehead atoms. The maximum absolute atomic E-state index is 12.6. The summed E-state index contributed by atoms with van der Waals surface area (Å²) in [5.41, 5.74) is 2.16. The van der Waals surface area contributed by atoms with Gasteiger partial charge in [-0.2, -0.15) is 5.10 Å². The van der Waals surface area contributed by atoms with Gasteiger partial charge in [0, 0.05) is 11.9 Å². The lowest BCUT2D eigenvalue weighted by Gasteiger charge is -2.23. The first kappa shape index (κ1) is 18.4. The van der Waals surface area contributed by atoms with Gasteiger partial charge in [0.1, 0.15) is 0 Å². The first-order valence-corrected chi connectivity index (χ1v) is 8.50. The Bertz CT molecular complexity index is 716. The molecule has 0 unspecified atom stereocenters. The summed E-state index contributed by atoms with van der Waals surface area (Å²) in [7, 11) is 0. The fourth-order valence-corrected chi connectivity index (χ4v) is 2.64. The van der Waals surface area contributed by atoms with Gasteiger partial charge in [0.05, 0.1) is 30.1 Å². The molecule has 24 heavy (non-hydrogen) atoms. The number of aryl methyl sites for hydroxylation is 2. The van der Waals surface area contributed by atoms with Gasteiger partial charge in [0.2, 0.25) is 0 Å². The lowest BCUT2D eigenvalue weighted by atomic mass is 9.89. The standard InChI is InChI=1S/C18H28N4O2/c1-6-22-16-13(10-19-22)9-15(12(2)20-16)17(24)21-14(11-23)7-8-18(3,4)5/h9-10,14,23H,6-8,11H2,1-5H3,(H,21,24)/t14-/m0/s1. The van der Waals surface area contributed by atoms with E-state index < -0.39 is 0 Å². The lowest BCUT2D eigenvalue weighted by Crippen LogP contribution is -2.38. The number of carbonyl (C=O) groups is 1. The number of pyridine rings is 1. The molecule has 2 aromatic rings. The highest BCUT2D eigenvalue weighted by Gasteiger charge is 2.19. The molecule has 0 fully saturated rings. The Labute approximate surface area is 143 Å². The smallest absolute Gasteiger partial charge is 0.253 e. The summed E-state index contributed by atoms with van der Waals surface area (Å²) in [5.74, 6) is -0.195. The number of fused-ring (bicyclic) bond motifs is 1. The monoisotopic (exact) mass is 332 g/mol. The van der Waals surface area contributed by atoms with Gasteiger partial charge in [-0.25, -0.2) is 9.67 Å². The number of hydrogen-bond donors (Lipinski definition) is 2. The fraction of sp³-hybridized carbons (Fsp3) is 0.611. The molecule has 1 atom stereocenters. The predicted octanol–water partition coefficient (Wildman–Crippen LogP) is 2.68. The maximum atomic E-state index is 12.6. The average molecular weight is 332 g/mol. The van der Waals surface area contributed by atoms with E-state index >= 15 is 0 Å². The number of nitrogens with zero attached hydrogens (tertiary/aromatic N) is 3. The van der Waals surface area contributed by atoms with Crippen molar-refractivity contribution in [3.8, 4) is 0 Å². The van der Waals surface area contributed by atoms with Gasteiger partial charge in [0.15, 0.2) is 5.65 Å². The summed E-state index contributed by atoms with van der Waals surface area (Å²) in [4.78, 5) is 17.1. The second-order valence-electron chi connectivity index (χ2n) is 7.45. The molecule has 2 aromatic heterocycles. The summed E-state index contributed by atoms with van der Waals surface area (Å²) in [5, 5.41) is 17.6. The van der Waals surface area contributed by atoms with E-state index in [1.54, 1.807) is 6.20 Å². The molecule has 0 aliphatic carbocycles. The van der Waals surface area contributed by atoms with Gasteiger partial charge in [-0.15, -0.1) is 0 Å². The Hall–Kier alpha value is -1.95. The zero-order valence-corrected chi connectivity index (χ0v) is 15.3. The van der Waals surface area contributed by atoms with Gasteiger partial charge in [-0.3, -0.25) is 4.79 Å². The second-order valence-corrected chi connectivity index (χ2v) is 7.45. The van der Waals surface area contributed by atoms with Crippen molar-refractivity contribution in [2.75, 3.05) is 6.61 Å². The minimum Gasteiger partial charge on any atom is -0.394 e. The molecule has 2 heterocycles. The Kier molecular flexibility index (Phi) is 5.59. The Morgan fingerprint density at radius 3 is 2.71 bits per heavy atom. The van der Waals surface area contributed by atoms with Crippen LogP contribution < -0.4 is 5.32 Å². The molecule has 2 rings (SSSR count). The van der Waals surface area contributed by atoms with Gasteiger partial charge in [0.25, 0.3) is 5.91 Å². The SMILES string of the molecule is CCn1ncc2cc(C(=O)N[C@H](CO)CCC(C)(C)C)c(C)nc21. The number of aliphatic hydroxyl groups is 1. The fourth-order valence-electron chi connectivity index (χ4n) is 2.64. The van der Waals surface area contributed by atoms with Gasteiger partial charge >= 0.3 is 0 Å². The number of carbonyl (C=O) groups excluding carboxylic acids is 1. The van der Waals surface area contributed by atoms with E-state index in [4.69, 9.17) is 0 Å². The number of nitrogens with one attached hydrogen (secondary N) is 1. The molecule has 6 heteroatoms. The van der Waals surface area contributed by atoms with Gasteiger partial charge in [-0.1, -0.05) is 20.8 Å². The Balaban J connectivity index is 2.16. The van der Waals surface area contributed by atoms with E-state index in [9.17, 15) is 9.90 Å². The van der Waals surface area contributed by atoms with Crippen LogP contribution in [-0.4, -0.2) is 38.4 Å². The second kappa shape index (κ2) is 7.30. The highest BCUT2D eigenvalue weighted by molar-refractivity contribution is 5.98. The molecular weight excluding hydrogens is 304 g/mol. The first-order chi connectivity index (χ1) is 11.2. The third kappa shape index (κ3) is 4.32. The highest BCUT2D eigenvalue weighted by Crippen LogP contribution is 2.22. The number of aromatic nitrogens is 3. The van der Waals surface area contributed by atoms with Crippen LogP contribution in [-0.2, 0) is 6.54 Å². The third-order valence-corrected chi connectivity index (χ3v) is 4.14. The summed E-state index contributed by atoms with van der Waals surface area (Å²) >= 11 is 0. The molecule has 0 aromatic carbocycles. The molecule has 0 saturated heterocycles. The van der Waals surface area contributed by atoms with E-state index in [0.717, 1.165) is 30.4 Å².